The minimum Gasteiger partial charge on any atom is -0.506 e. The van der Waals surface area contributed by atoms with E-state index in [1.165, 1.54) is 26.4 Å². The molecule has 42 heavy (non-hydrogen) atoms. The Hall–Kier alpha value is -3.18. The average molecular weight is 583 g/mol. The van der Waals surface area contributed by atoms with Crippen molar-refractivity contribution in [2.75, 3.05) is 14.2 Å². The van der Waals surface area contributed by atoms with Gasteiger partial charge in [0.1, 0.15) is 23.0 Å². The number of ether oxygens (including phenoxy) is 4. The Kier molecular flexibility index (Phi) is 7.04. The van der Waals surface area contributed by atoms with Crippen molar-refractivity contribution < 1.29 is 49.0 Å². The molecule has 10 atom stereocenters. The largest absolute Gasteiger partial charge is 0.506 e. The van der Waals surface area contributed by atoms with Crippen molar-refractivity contribution in [3.63, 3.8) is 0 Å². The van der Waals surface area contributed by atoms with E-state index in [1.807, 2.05) is 13.8 Å². The Bertz CT molecular complexity index is 1360. The lowest BCUT2D eigenvalue weighted by atomic mass is 9.66. The van der Waals surface area contributed by atoms with Crippen LogP contribution in [0.15, 0.2) is 12.1 Å². The standard InChI is InChI=1S/C32H38O10/c1-11-7-15-21(13(3)41-11)29(35)23-17(27(15)33)9-19(39-5)25(31(23)37)26-20(40-6)10-18-24(32(26)38)30(36)22-14(4)42-12(2)8-16(22)28(18)34/h9-16,21-22,27-28,33-34,37-38H,7-8H2,1-6H3/t11-,12-,13+,14+,15+,16+,21+,22+,27+,28+/m0/s1. The number of aliphatic hydroxyl groups is 2. The topological polar surface area (TPSA) is 152 Å². The van der Waals surface area contributed by atoms with Crippen LogP contribution in [0.5, 0.6) is 23.0 Å². The molecule has 0 saturated carbocycles. The Balaban J connectivity index is 1.58. The van der Waals surface area contributed by atoms with Gasteiger partial charge in [-0.15, -0.1) is 0 Å². The molecule has 2 aliphatic carbocycles. The first-order valence-electron chi connectivity index (χ1n) is 14.5. The second kappa shape index (κ2) is 10.2. The Morgan fingerprint density at radius 1 is 0.667 bits per heavy atom. The van der Waals surface area contributed by atoms with E-state index in [2.05, 4.69) is 0 Å². The third-order valence-electron chi connectivity index (χ3n) is 9.86. The molecular formula is C32H38O10. The number of phenols is 2. The number of hydrogen-bond donors (Lipinski definition) is 4. The van der Waals surface area contributed by atoms with Gasteiger partial charge in [-0.05, 0) is 63.8 Å². The minimum atomic E-state index is -1.06. The zero-order valence-electron chi connectivity index (χ0n) is 24.6. The highest BCUT2D eigenvalue weighted by Crippen LogP contribution is 2.58. The highest BCUT2D eigenvalue weighted by Gasteiger charge is 2.52. The van der Waals surface area contributed by atoms with Gasteiger partial charge in [0.15, 0.2) is 11.6 Å². The van der Waals surface area contributed by atoms with Crippen LogP contribution >= 0.6 is 0 Å². The third kappa shape index (κ3) is 3.99. The zero-order chi connectivity index (χ0) is 30.4. The summed E-state index contributed by atoms with van der Waals surface area (Å²) in [5.74, 6) is -3.79. The van der Waals surface area contributed by atoms with E-state index >= 15 is 0 Å². The van der Waals surface area contributed by atoms with Gasteiger partial charge in [0.2, 0.25) is 0 Å². The van der Waals surface area contributed by atoms with E-state index in [0.717, 1.165) is 0 Å². The number of benzene rings is 2. The second-order valence-electron chi connectivity index (χ2n) is 12.3. The lowest BCUT2D eigenvalue weighted by Crippen LogP contribution is -2.48. The molecule has 2 aromatic carbocycles. The van der Waals surface area contributed by atoms with E-state index in [-0.39, 0.29) is 68.7 Å². The van der Waals surface area contributed by atoms with Gasteiger partial charge in [-0.25, -0.2) is 0 Å². The molecule has 0 aromatic heterocycles. The van der Waals surface area contributed by atoms with Gasteiger partial charge in [0, 0.05) is 11.8 Å². The summed E-state index contributed by atoms with van der Waals surface area (Å²) < 4.78 is 23.1. The summed E-state index contributed by atoms with van der Waals surface area (Å²) in [5, 5.41) is 46.4. The van der Waals surface area contributed by atoms with Gasteiger partial charge in [-0.3, -0.25) is 9.59 Å². The molecule has 2 aliphatic heterocycles. The van der Waals surface area contributed by atoms with Gasteiger partial charge in [-0.1, -0.05) is 0 Å². The predicted octanol–water partition coefficient (Wildman–Crippen LogP) is 4.10. The maximum atomic E-state index is 13.9. The molecule has 4 N–H and O–H groups in total. The van der Waals surface area contributed by atoms with Crippen molar-refractivity contribution in [3.05, 3.63) is 34.4 Å². The summed E-state index contributed by atoms with van der Waals surface area (Å²) in [6.45, 7) is 7.35. The lowest BCUT2D eigenvalue weighted by Gasteiger charge is -2.45. The molecule has 10 nitrogen and oxygen atoms in total. The third-order valence-corrected chi connectivity index (χ3v) is 9.86. The van der Waals surface area contributed by atoms with Crippen LogP contribution < -0.4 is 9.47 Å². The van der Waals surface area contributed by atoms with Crippen molar-refractivity contribution in [1.82, 2.24) is 0 Å². The molecule has 0 unspecified atom stereocenters. The van der Waals surface area contributed by atoms with E-state index in [1.54, 1.807) is 13.8 Å². The van der Waals surface area contributed by atoms with Crippen LogP contribution in [0, 0.1) is 23.7 Å². The number of carbonyl (C=O) groups is 2. The maximum Gasteiger partial charge on any atom is 0.173 e. The molecule has 226 valence electrons. The monoisotopic (exact) mass is 582 g/mol. The van der Waals surface area contributed by atoms with Crippen molar-refractivity contribution in [2.45, 2.75) is 77.2 Å². The van der Waals surface area contributed by atoms with Crippen LogP contribution in [0.3, 0.4) is 0 Å². The summed E-state index contributed by atoms with van der Waals surface area (Å²) in [6.07, 6.45) is -2.45. The summed E-state index contributed by atoms with van der Waals surface area (Å²) in [4.78, 5) is 27.8. The summed E-state index contributed by atoms with van der Waals surface area (Å²) in [6, 6.07) is 2.99. The molecule has 2 aromatic rings. The maximum absolute atomic E-state index is 13.9. The molecule has 0 amide bonds. The number of ketones is 2. The fraction of sp³-hybridized carbons (Fsp3) is 0.562. The van der Waals surface area contributed by atoms with Crippen molar-refractivity contribution in [3.8, 4) is 34.1 Å². The van der Waals surface area contributed by atoms with E-state index < -0.39 is 59.6 Å². The van der Waals surface area contributed by atoms with Crippen LogP contribution in [0.4, 0.5) is 0 Å². The summed E-state index contributed by atoms with van der Waals surface area (Å²) in [5.41, 5.74) is 0.173. The number of aromatic hydroxyl groups is 2. The number of rotatable bonds is 3. The quantitative estimate of drug-likeness (QED) is 0.416. The fourth-order valence-corrected chi connectivity index (χ4v) is 8.15. The first-order valence-corrected chi connectivity index (χ1v) is 14.5. The molecule has 0 bridgehead atoms. The molecule has 2 heterocycles. The first-order chi connectivity index (χ1) is 19.9. The highest BCUT2D eigenvalue weighted by atomic mass is 16.5. The number of aliphatic hydroxyl groups excluding tert-OH is 2. The molecule has 2 fully saturated rings. The van der Waals surface area contributed by atoms with Crippen molar-refractivity contribution >= 4 is 11.6 Å². The number of fused-ring (bicyclic) bond motifs is 4. The van der Waals surface area contributed by atoms with Crippen LogP contribution in [0.25, 0.3) is 11.1 Å². The van der Waals surface area contributed by atoms with E-state index in [9.17, 15) is 30.0 Å². The lowest BCUT2D eigenvalue weighted by molar-refractivity contribution is -0.111. The molecular weight excluding hydrogens is 544 g/mol. The van der Waals surface area contributed by atoms with Crippen LogP contribution in [-0.4, -0.2) is 70.6 Å². The molecule has 4 aliphatic rings. The molecule has 2 saturated heterocycles. The number of methoxy groups -OCH3 is 2. The normalized spacial score (nSPS) is 35.5. The van der Waals surface area contributed by atoms with E-state index in [4.69, 9.17) is 18.9 Å². The fourth-order valence-electron chi connectivity index (χ4n) is 8.15. The number of carbonyl (C=O) groups excluding carboxylic acids is 2. The number of phenolic OH excluding ortho intramolecular Hbond substituents is 2. The zero-order valence-corrected chi connectivity index (χ0v) is 24.6. The Labute approximate surface area is 244 Å². The predicted molar refractivity (Wildman–Crippen MR) is 150 cm³/mol. The van der Waals surface area contributed by atoms with Crippen molar-refractivity contribution in [2.24, 2.45) is 23.7 Å². The highest BCUT2D eigenvalue weighted by molar-refractivity contribution is 6.09. The molecule has 10 heteroatoms. The summed E-state index contributed by atoms with van der Waals surface area (Å²) in [7, 11) is 2.74. The van der Waals surface area contributed by atoms with Crippen LogP contribution in [0.2, 0.25) is 0 Å². The molecule has 0 radical (unpaired) electrons. The van der Waals surface area contributed by atoms with Crippen LogP contribution in [0.1, 0.15) is 84.6 Å². The van der Waals surface area contributed by atoms with Gasteiger partial charge >= 0.3 is 0 Å². The van der Waals surface area contributed by atoms with Gasteiger partial charge in [-0.2, -0.15) is 0 Å². The molecule has 6 rings (SSSR count). The Morgan fingerprint density at radius 2 is 1.02 bits per heavy atom. The van der Waals surface area contributed by atoms with Gasteiger partial charge in [0.05, 0.1) is 84.9 Å². The van der Waals surface area contributed by atoms with Crippen molar-refractivity contribution in [1.29, 1.82) is 0 Å². The first kappa shape index (κ1) is 28.9. The smallest absolute Gasteiger partial charge is 0.173 e. The minimum absolute atomic E-state index is 0.0591. The number of hydrogen-bond acceptors (Lipinski definition) is 10. The van der Waals surface area contributed by atoms with Gasteiger partial charge in [0.25, 0.3) is 0 Å². The van der Waals surface area contributed by atoms with E-state index in [0.29, 0.717) is 12.8 Å². The SMILES string of the molecule is COc1cc2c(c(O)c1-c1c(OC)cc3c(c1O)C(=O)[C@H]1[C@@H](C[C@H](C)O[C@@H]1C)[C@H]3O)C(=O)[C@H]1[C@@H](C[C@H](C)O[C@@H]1C)[C@H]2O. The molecule has 0 spiro atoms. The van der Waals surface area contributed by atoms with Crippen LogP contribution in [-0.2, 0) is 9.47 Å². The average Bonchev–Trinajstić information content (AvgIpc) is 2.93. The Morgan fingerprint density at radius 3 is 1.36 bits per heavy atom. The summed E-state index contributed by atoms with van der Waals surface area (Å²) >= 11 is 0. The van der Waals surface area contributed by atoms with Gasteiger partial charge < -0.3 is 39.4 Å². The second-order valence-corrected chi connectivity index (χ2v) is 12.3. The number of Topliss-reactive ketones (excluding diaryl/α,β-unsaturated/α-hetero) is 2.